The van der Waals surface area contributed by atoms with Crippen LogP contribution in [0.1, 0.15) is 30.9 Å². The van der Waals surface area contributed by atoms with Crippen LogP contribution >= 0.6 is 0 Å². The van der Waals surface area contributed by atoms with Gasteiger partial charge in [-0.2, -0.15) is 0 Å². The Morgan fingerprint density at radius 2 is 1.53 bits per heavy atom. The van der Waals surface area contributed by atoms with Gasteiger partial charge in [-0.3, -0.25) is 9.59 Å². The van der Waals surface area contributed by atoms with E-state index in [1.54, 1.807) is 18.7 Å². The number of ether oxygens (including phenoxy) is 1. The summed E-state index contributed by atoms with van der Waals surface area (Å²) >= 11 is 0. The summed E-state index contributed by atoms with van der Waals surface area (Å²) in [6, 6.07) is 16.2. The number of benzene rings is 2. The lowest BCUT2D eigenvalue weighted by Crippen LogP contribution is -2.56. The van der Waals surface area contributed by atoms with Crippen LogP contribution < -0.4 is 5.32 Å². The highest BCUT2D eigenvalue weighted by atomic mass is 16.5. The molecule has 1 saturated carbocycles. The highest BCUT2D eigenvalue weighted by molar-refractivity contribution is 5.90. The number of amides is 2. The second-order valence-corrected chi connectivity index (χ2v) is 9.48. The first-order valence-corrected chi connectivity index (χ1v) is 10.9. The molecular weight excluding hydrogens is 408 g/mol. The molecule has 0 radical (unpaired) electrons. The van der Waals surface area contributed by atoms with Crippen LogP contribution in [0.5, 0.6) is 0 Å². The number of carbonyl (C=O) groups is 3. The van der Waals surface area contributed by atoms with Crippen LogP contribution in [0.15, 0.2) is 48.5 Å². The third-order valence-electron chi connectivity index (χ3n) is 7.06. The van der Waals surface area contributed by atoms with Gasteiger partial charge in [0.05, 0.1) is 5.92 Å². The minimum Gasteiger partial charge on any atom is -0.481 e. The predicted molar refractivity (Wildman–Crippen MR) is 117 cm³/mol. The number of nitrogens with one attached hydrogen (secondary N) is 1. The number of fused-ring (bicyclic) bond motifs is 4. The summed E-state index contributed by atoms with van der Waals surface area (Å²) in [5.41, 5.74) is 3.42. The molecule has 5 rings (SSSR count). The van der Waals surface area contributed by atoms with Crippen LogP contribution in [-0.2, 0) is 14.3 Å². The second kappa shape index (κ2) is 7.36. The van der Waals surface area contributed by atoms with E-state index in [1.165, 1.54) is 0 Å². The van der Waals surface area contributed by atoms with E-state index in [1.807, 2.05) is 24.3 Å². The maximum absolute atomic E-state index is 12.9. The number of hydrogen-bond donors (Lipinski definition) is 2. The molecule has 32 heavy (non-hydrogen) atoms. The van der Waals surface area contributed by atoms with Crippen LogP contribution in [0.4, 0.5) is 4.79 Å². The smallest absolute Gasteiger partial charge is 0.408 e. The van der Waals surface area contributed by atoms with Crippen molar-refractivity contribution in [1.82, 2.24) is 10.2 Å². The maximum Gasteiger partial charge on any atom is 0.408 e. The van der Waals surface area contributed by atoms with Gasteiger partial charge in [-0.15, -0.1) is 0 Å². The Kier molecular flexibility index (Phi) is 4.73. The van der Waals surface area contributed by atoms with Gasteiger partial charge in [0.25, 0.3) is 0 Å². The molecule has 7 heteroatoms. The van der Waals surface area contributed by atoms with Crippen LogP contribution in [0.2, 0.25) is 0 Å². The Hall–Kier alpha value is -3.35. The molecule has 2 N–H and O–H groups in total. The van der Waals surface area contributed by atoms with Crippen LogP contribution in [-0.4, -0.2) is 53.2 Å². The Morgan fingerprint density at radius 1 is 1.00 bits per heavy atom. The highest BCUT2D eigenvalue weighted by Crippen LogP contribution is 2.52. The van der Waals surface area contributed by atoms with Crippen LogP contribution in [0.3, 0.4) is 0 Å². The standard InChI is InChI=1S/C25H26N2O5/c1-25(2,23(30)27-11-18-19(12-27)21(18)22(28)29)26-24(31)32-13-20-16-9-5-3-7-14(16)15-8-4-6-10-17(15)20/h3-10,18-21H,11-13H2,1-2H3,(H,26,31)(H,28,29)/t18-,19+,21?. The molecule has 2 aromatic carbocycles. The van der Waals surface area contributed by atoms with Crippen LogP contribution in [0, 0.1) is 17.8 Å². The highest BCUT2D eigenvalue weighted by Gasteiger charge is 2.61. The fourth-order valence-electron chi connectivity index (χ4n) is 5.40. The van der Waals surface area contributed by atoms with Gasteiger partial charge < -0.3 is 20.1 Å². The van der Waals surface area contributed by atoms with E-state index in [2.05, 4.69) is 29.6 Å². The number of rotatable bonds is 5. The van der Waals surface area contributed by atoms with Gasteiger partial charge in [0.15, 0.2) is 0 Å². The zero-order chi connectivity index (χ0) is 22.6. The first kappa shape index (κ1) is 20.5. The number of likely N-dealkylation sites (tertiary alicyclic amines) is 1. The van der Waals surface area contributed by atoms with E-state index in [-0.39, 0.29) is 36.2 Å². The molecule has 0 spiro atoms. The lowest BCUT2D eigenvalue weighted by Gasteiger charge is -2.31. The Balaban J connectivity index is 1.20. The SMILES string of the molecule is CC(C)(NC(=O)OCC1c2ccccc2-c2ccccc21)C(=O)N1C[C@@H]2C(C(=O)O)[C@@H]2C1. The molecule has 3 aliphatic rings. The average molecular weight is 434 g/mol. The van der Waals surface area contributed by atoms with Crippen LogP contribution in [0.25, 0.3) is 11.1 Å². The summed E-state index contributed by atoms with van der Waals surface area (Å²) < 4.78 is 5.57. The van der Waals surface area contributed by atoms with Crippen molar-refractivity contribution in [1.29, 1.82) is 0 Å². The van der Waals surface area contributed by atoms with E-state index in [0.29, 0.717) is 13.1 Å². The number of alkyl carbamates (subject to hydrolysis) is 1. The summed E-state index contributed by atoms with van der Waals surface area (Å²) in [6.07, 6.45) is -0.641. The molecule has 1 heterocycles. The number of carboxylic acid groups (broad SMARTS) is 1. The maximum atomic E-state index is 12.9. The summed E-state index contributed by atoms with van der Waals surface area (Å²) in [6.45, 7) is 4.33. The molecule has 1 aliphatic heterocycles. The Morgan fingerprint density at radius 3 is 2.06 bits per heavy atom. The molecule has 0 bridgehead atoms. The summed E-state index contributed by atoms with van der Waals surface area (Å²) in [5.74, 6) is -1.34. The third kappa shape index (κ3) is 3.32. The van der Waals surface area contributed by atoms with Gasteiger partial charge in [0, 0.05) is 19.0 Å². The van der Waals surface area contributed by atoms with Gasteiger partial charge in [-0.05, 0) is 47.9 Å². The van der Waals surface area contributed by atoms with Gasteiger partial charge in [0.1, 0.15) is 12.1 Å². The molecule has 2 aromatic rings. The number of nitrogens with zero attached hydrogens (tertiary/aromatic N) is 1. The lowest BCUT2D eigenvalue weighted by atomic mass is 9.98. The topological polar surface area (TPSA) is 95.9 Å². The van der Waals surface area contributed by atoms with E-state index in [9.17, 15) is 14.4 Å². The summed E-state index contributed by atoms with van der Waals surface area (Å²) in [4.78, 5) is 38.3. The molecule has 2 fully saturated rings. The molecule has 2 aliphatic carbocycles. The minimum atomic E-state index is -1.14. The molecule has 3 atom stereocenters. The second-order valence-electron chi connectivity index (χ2n) is 9.48. The van der Waals surface area contributed by atoms with Crippen molar-refractivity contribution in [3.63, 3.8) is 0 Å². The molecule has 1 unspecified atom stereocenters. The van der Waals surface area contributed by atoms with E-state index < -0.39 is 17.6 Å². The Labute approximate surface area is 186 Å². The molecule has 7 nitrogen and oxygen atoms in total. The van der Waals surface area contributed by atoms with Crippen molar-refractivity contribution in [2.45, 2.75) is 25.3 Å². The van der Waals surface area contributed by atoms with Crippen molar-refractivity contribution in [2.75, 3.05) is 19.7 Å². The Bertz CT molecular complexity index is 1050. The number of aliphatic carboxylic acids is 1. The number of hydrogen-bond acceptors (Lipinski definition) is 4. The molecule has 2 amide bonds. The van der Waals surface area contributed by atoms with Gasteiger partial charge in [0.2, 0.25) is 5.91 Å². The van der Waals surface area contributed by atoms with E-state index in [4.69, 9.17) is 9.84 Å². The van der Waals surface area contributed by atoms with Gasteiger partial charge >= 0.3 is 12.1 Å². The monoisotopic (exact) mass is 434 g/mol. The third-order valence-corrected chi connectivity index (χ3v) is 7.06. The molecular formula is C25H26N2O5. The largest absolute Gasteiger partial charge is 0.481 e. The first-order chi connectivity index (χ1) is 15.3. The van der Waals surface area contributed by atoms with Crippen molar-refractivity contribution in [3.8, 4) is 11.1 Å². The summed E-state index contributed by atoms with van der Waals surface area (Å²) in [7, 11) is 0. The number of piperidine rings is 1. The number of carbonyl (C=O) groups excluding carboxylic acids is 2. The van der Waals surface area contributed by atoms with E-state index >= 15 is 0 Å². The zero-order valence-electron chi connectivity index (χ0n) is 18.1. The molecule has 1 saturated heterocycles. The average Bonchev–Trinajstić information content (AvgIpc) is 3.12. The van der Waals surface area contributed by atoms with Crippen molar-refractivity contribution in [3.05, 3.63) is 59.7 Å². The molecule has 0 aromatic heterocycles. The fraction of sp³-hybridized carbons (Fsp3) is 0.400. The lowest BCUT2D eigenvalue weighted by molar-refractivity contribution is -0.142. The minimum absolute atomic E-state index is 0.0294. The zero-order valence-corrected chi connectivity index (χ0v) is 18.1. The first-order valence-electron chi connectivity index (χ1n) is 10.9. The quantitative estimate of drug-likeness (QED) is 0.754. The van der Waals surface area contributed by atoms with Gasteiger partial charge in [-0.25, -0.2) is 4.79 Å². The van der Waals surface area contributed by atoms with Crippen molar-refractivity contribution < 1.29 is 24.2 Å². The normalized spacial score (nSPS) is 23.2. The summed E-state index contributed by atoms with van der Waals surface area (Å²) in [5, 5.41) is 11.9. The number of carboxylic acids is 1. The predicted octanol–water partition coefficient (Wildman–Crippen LogP) is 3.09. The fourth-order valence-corrected chi connectivity index (χ4v) is 5.40. The molecule has 166 valence electrons. The van der Waals surface area contributed by atoms with E-state index in [0.717, 1.165) is 22.3 Å². The van der Waals surface area contributed by atoms with Gasteiger partial charge in [-0.1, -0.05) is 48.5 Å². The van der Waals surface area contributed by atoms with Crippen molar-refractivity contribution >= 4 is 18.0 Å². The van der Waals surface area contributed by atoms with Crippen molar-refractivity contribution in [2.24, 2.45) is 17.8 Å².